The van der Waals surface area contributed by atoms with Crippen molar-refractivity contribution in [3.63, 3.8) is 0 Å². The maximum absolute atomic E-state index is 14.3. The van der Waals surface area contributed by atoms with E-state index >= 15 is 0 Å². The molecule has 0 aliphatic carbocycles. The molecular formula is C24H22FNO. The lowest BCUT2D eigenvalue weighted by Gasteiger charge is -2.40. The molecule has 3 heteroatoms. The fourth-order valence-electron chi connectivity index (χ4n) is 4.06. The summed E-state index contributed by atoms with van der Waals surface area (Å²) in [7, 11) is 0. The van der Waals surface area contributed by atoms with Crippen molar-refractivity contribution in [2.24, 2.45) is 0 Å². The molecule has 4 rings (SSSR count). The van der Waals surface area contributed by atoms with Crippen molar-refractivity contribution < 1.29 is 9.18 Å². The molecule has 2 atom stereocenters. The van der Waals surface area contributed by atoms with Gasteiger partial charge in [0, 0.05) is 17.6 Å². The number of anilines is 1. The second-order valence-electron chi connectivity index (χ2n) is 7.27. The van der Waals surface area contributed by atoms with E-state index in [4.69, 9.17) is 0 Å². The highest BCUT2D eigenvalue weighted by atomic mass is 19.1. The van der Waals surface area contributed by atoms with E-state index in [1.54, 1.807) is 23.1 Å². The minimum absolute atomic E-state index is 0.0301. The van der Waals surface area contributed by atoms with Crippen LogP contribution in [0.4, 0.5) is 10.1 Å². The third-order valence-electron chi connectivity index (χ3n) is 5.36. The van der Waals surface area contributed by atoms with Gasteiger partial charge in [-0.3, -0.25) is 4.79 Å². The zero-order valence-corrected chi connectivity index (χ0v) is 15.5. The number of carbonyl (C=O) groups excluding carboxylic acids is 1. The summed E-state index contributed by atoms with van der Waals surface area (Å²) < 4.78 is 14.3. The van der Waals surface area contributed by atoms with Gasteiger partial charge in [-0.25, -0.2) is 4.39 Å². The Kier molecular flexibility index (Phi) is 4.53. The molecule has 0 bridgehead atoms. The summed E-state index contributed by atoms with van der Waals surface area (Å²) in [4.78, 5) is 15.0. The second kappa shape index (κ2) is 6.99. The summed E-state index contributed by atoms with van der Waals surface area (Å²) >= 11 is 0. The lowest BCUT2D eigenvalue weighted by Crippen LogP contribution is -2.43. The minimum Gasteiger partial charge on any atom is -0.305 e. The van der Waals surface area contributed by atoms with Crippen LogP contribution in [0.2, 0.25) is 0 Å². The number of amides is 1. The van der Waals surface area contributed by atoms with Crippen LogP contribution in [0.3, 0.4) is 0 Å². The maximum atomic E-state index is 14.3. The lowest BCUT2D eigenvalue weighted by molar-refractivity contribution is 0.0970. The van der Waals surface area contributed by atoms with Crippen molar-refractivity contribution in [3.05, 3.63) is 101 Å². The predicted molar refractivity (Wildman–Crippen MR) is 107 cm³/mol. The van der Waals surface area contributed by atoms with Crippen molar-refractivity contribution >= 4 is 11.6 Å². The van der Waals surface area contributed by atoms with Crippen LogP contribution in [0.15, 0.2) is 72.8 Å². The number of aryl methyl sites for hydroxylation is 1. The average molecular weight is 359 g/mol. The van der Waals surface area contributed by atoms with Crippen LogP contribution in [0, 0.1) is 12.7 Å². The van der Waals surface area contributed by atoms with Crippen LogP contribution >= 0.6 is 0 Å². The summed E-state index contributed by atoms with van der Waals surface area (Å²) in [6, 6.07) is 22.7. The van der Waals surface area contributed by atoms with E-state index in [0.29, 0.717) is 0 Å². The molecule has 0 spiro atoms. The highest BCUT2D eigenvalue weighted by molar-refractivity contribution is 6.07. The van der Waals surface area contributed by atoms with Crippen molar-refractivity contribution in [1.82, 2.24) is 0 Å². The molecule has 0 saturated carbocycles. The van der Waals surface area contributed by atoms with Gasteiger partial charge in [-0.15, -0.1) is 0 Å². The molecule has 0 aromatic heterocycles. The first-order valence-electron chi connectivity index (χ1n) is 9.30. The zero-order chi connectivity index (χ0) is 19.0. The van der Waals surface area contributed by atoms with Crippen molar-refractivity contribution in [2.45, 2.75) is 32.2 Å². The Morgan fingerprint density at radius 3 is 2.44 bits per heavy atom. The number of fused-ring (bicyclic) bond motifs is 1. The normalized spacial score (nSPS) is 18.9. The van der Waals surface area contributed by atoms with Gasteiger partial charge in [0.25, 0.3) is 5.91 Å². The molecule has 136 valence electrons. The maximum Gasteiger partial charge on any atom is 0.261 e. The van der Waals surface area contributed by atoms with Crippen molar-refractivity contribution in [2.75, 3.05) is 4.90 Å². The summed E-state index contributed by atoms with van der Waals surface area (Å²) in [5.41, 5.74) is 4.52. The minimum atomic E-state index is -0.478. The van der Waals surface area contributed by atoms with E-state index in [1.807, 2.05) is 37.3 Å². The number of rotatable bonds is 2. The Morgan fingerprint density at radius 2 is 1.70 bits per heavy atom. The first-order chi connectivity index (χ1) is 13.1. The smallest absolute Gasteiger partial charge is 0.261 e. The van der Waals surface area contributed by atoms with Gasteiger partial charge in [0.2, 0.25) is 0 Å². The molecule has 1 amide bonds. The average Bonchev–Trinajstić information content (AvgIpc) is 2.68. The van der Waals surface area contributed by atoms with Crippen molar-refractivity contribution in [1.29, 1.82) is 0 Å². The Labute approximate surface area is 159 Å². The van der Waals surface area contributed by atoms with Crippen molar-refractivity contribution in [3.8, 4) is 0 Å². The van der Waals surface area contributed by atoms with Gasteiger partial charge in [0.15, 0.2) is 0 Å². The molecule has 0 N–H and O–H groups in total. The lowest BCUT2D eigenvalue weighted by atomic mass is 9.80. The second-order valence-corrected chi connectivity index (χ2v) is 7.27. The van der Waals surface area contributed by atoms with E-state index in [0.717, 1.165) is 23.2 Å². The summed E-state index contributed by atoms with van der Waals surface area (Å²) in [5, 5.41) is 0. The Balaban J connectivity index is 1.83. The SMILES string of the molecule is Cc1ccc2c(c1)[C@H](c1ccccc1)C[C@@H](C)N2C(=O)c1ccccc1F. The summed E-state index contributed by atoms with van der Waals surface area (Å²) in [5.74, 6) is -0.536. The highest BCUT2D eigenvalue weighted by Crippen LogP contribution is 2.43. The molecule has 0 saturated heterocycles. The number of hydrogen-bond acceptors (Lipinski definition) is 1. The largest absolute Gasteiger partial charge is 0.305 e. The van der Waals surface area contributed by atoms with Crippen LogP contribution in [0.5, 0.6) is 0 Å². The molecule has 0 radical (unpaired) electrons. The van der Waals surface area contributed by atoms with Gasteiger partial charge in [0.1, 0.15) is 5.82 Å². The van der Waals surface area contributed by atoms with Gasteiger partial charge in [-0.2, -0.15) is 0 Å². The number of halogens is 1. The zero-order valence-electron chi connectivity index (χ0n) is 15.5. The third kappa shape index (κ3) is 3.14. The molecule has 1 heterocycles. The highest BCUT2D eigenvalue weighted by Gasteiger charge is 2.35. The predicted octanol–water partition coefficient (Wildman–Crippen LogP) is 5.71. The first kappa shape index (κ1) is 17.5. The van der Waals surface area contributed by atoms with Gasteiger partial charge in [0.05, 0.1) is 5.56 Å². The van der Waals surface area contributed by atoms with Crippen LogP contribution < -0.4 is 4.90 Å². The molecule has 1 aliphatic heterocycles. The fourth-order valence-corrected chi connectivity index (χ4v) is 4.06. The number of nitrogens with zero attached hydrogens (tertiary/aromatic N) is 1. The molecule has 2 nitrogen and oxygen atoms in total. The van der Waals surface area contributed by atoms with E-state index in [1.165, 1.54) is 11.6 Å². The molecule has 3 aromatic rings. The number of benzene rings is 3. The molecule has 1 aliphatic rings. The van der Waals surface area contributed by atoms with Crippen LogP contribution in [-0.4, -0.2) is 11.9 Å². The van der Waals surface area contributed by atoms with E-state index in [2.05, 4.69) is 25.1 Å². The first-order valence-corrected chi connectivity index (χ1v) is 9.30. The third-order valence-corrected chi connectivity index (χ3v) is 5.36. The Bertz CT molecular complexity index is 983. The number of carbonyl (C=O) groups is 1. The monoisotopic (exact) mass is 359 g/mol. The Hall–Kier alpha value is -2.94. The van der Waals surface area contributed by atoms with E-state index in [9.17, 15) is 9.18 Å². The van der Waals surface area contributed by atoms with Gasteiger partial charge in [-0.1, -0.05) is 60.2 Å². The molecule has 27 heavy (non-hydrogen) atoms. The van der Waals surface area contributed by atoms with E-state index in [-0.39, 0.29) is 23.4 Å². The van der Waals surface area contributed by atoms with Gasteiger partial charge >= 0.3 is 0 Å². The van der Waals surface area contributed by atoms with Gasteiger partial charge < -0.3 is 4.90 Å². The molecule has 3 aromatic carbocycles. The quantitative estimate of drug-likeness (QED) is 0.574. The van der Waals surface area contributed by atoms with Gasteiger partial charge in [-0.05, 0) is 49.6 Å². The summed E-state index contributed by atoms with van der Waals surface area (Å²) in [6.45, 7) is 4.10. The number of hydrogen-bond donors (Lipinski definition) is 0. The molecule has 0 fully saturated rings. The van der Waals surface area contributed by atoms with Crippen LogP contribution in [0.25, 0.3) is 0 Å². The fraction of sp³-hybridized carbons (Fsp3) is 0.208. The molecule has 0 unspecified atom stereocenters. The van der Waals surface area contributed by atoms with Crippen LogP contribution in [0.1, 0.15) is 46.3 Å². The van der Waals surface area contributed by atoms with E-state index < -0.39 is 5.82 Å². The Morgan fingerprint density at radius 1 is 1.00 bits per heavy atom. The topological polar surface area (TPSA) is 20.3 Å². The standard InChI is InChI=1S/C24H22FNO/c1-16-12-13-23-21(14-16)20(18-8-4-3-5-9-18)15-17(2)26(23)24(27)19-10-6-7-11-22(19)25/h3-14,17,20H,15H2,1-2H3/t17-,20+/m1/s1. The molecular weight excluding hydrogens is 337 g/mol. The summed E-state index contributed by atoms with van der Waals surface area (Å²) in [6.07, 6.45) is 0.806. The van der Waals surface area contributed by atoms with Crippen LogP contribution in [-0.2, 0) is 0 Å².